The molecule has 1 amide bonds. The minimum absolute atomic E-state index is 0.0491. The maximum absolute atomic E-state index is 12.6. The lowest BCUT2D eigenvalue weighted by Gasteiger charge is -2.24. The van der Waals surface area contributed by atoms with Gasteiger partial charge in [-0.2, -0.15) is 10.5 Å². The van der Waals surface area contributed by atoms with Gasteiger partial charge < -0.3 is 9.47 Å². The van der Waals surface area contributed by atoms with E-state index in [-0.39, 0.29) is 5.57 Å². The van der Waals surface area contributed by atoms with E-state index in [1.165, 1.54) is 16.7 Å². The van der Waals surface area contributed by atoms with Gasteiger partial charge in [0.25, 0.3) is 0 Å². The number of methoxy groups -OCH3 is 1. The standard InChI is InChI=1S/C21H21N3O3S/c1-14-13-24(20(25)27-21(2,3)4)19(28-14)10-18(16(11-22)12-23)15-6-8-17(26-5)9-7-15/h6-10,13H,1-5H3/b19-10-. The summed E-state index contributed by atoms with van der Waals surface area (Å²) in [5.74, 6) is 0.661. The fraction of sp³-hybridized carbons (Fsp3) is 0.286. The first-order valence-electron chi connectivity index (χ1n) is 8.47. The molecule has 28 heavy (non-hydrogen) atoms. The zero-order valence-corrected chi connectivity index (χ0v) is 17.3. The lowest BCUT2D eigenvalue weighted by molar-refractivity contribution is 0.0397. The third kappa shape index (κ3) is 5.18. The van der Waals surface area contributed by atoms with Crippen molar-refractivity contribution in [3.05, 3.63) is 57.6 Å². The van der Waals surface area contributed by atoms with Crippen LogP contribution in [0.2, 0.25) is 0 Å². The summed E-state index contributed by atoms with van der Waals surface area (Å²) in [6.45, 7) is 7.25. The molecular formula is C21H21N3O3S. The Morgan fingerprint density at radius 3 is 2.29 bits per heavy atom. The third-order valence-electron chi connectivity index (χ3n) is 3.57. The Hall–Kier alpha value is -3.16. The van der Waals surface area contributed by atoms with Crippen LogP contribution < -0.4 is 4.74 Å². The first-order valence-corrected chi connectivity index (χ1v) is 9.29. The Bertz CT molecular complexity index is 923. The number of hydrogen-bond donors (Lipinski definition) is 0. The van der Waals surface area contributed by atoms with Gasteiger partial charge in [0.15, 0.2) is 0 Å². The molecule has 0 saturated carbocycles. The fourth-order valence-corrected chi connectivity index (χ4v) is 3.27. The SMILES string of the molecule is COc1ccc(C(/C=C2\SC(C)=CN2C(=O)OC(C)(C)C)=C(C#N)C#N)cc1. The highest BCUT2D eigenvalue weighted by atomic mass is 32.2. The second-order valence-electron chi connectivity index (χ2n) is 6.92. The molecule has 0 fully saturated rings. The zero-order chi connectivity index (χ0) is 20.9. The van der Waals surface area contributed by atoms with E-state index >= 15 is 0 Å². The lowest BCUT2D eigenvalue weighted by atomic mass is 10.0. The van der Waals surface area contributed by atoms with E-state index in [2.05, 4.69) is 0 Å². The van der Waals surface area contributed by atoms with Gasteiger partial charge in [-0.1, -0.05) is 23.9 Å². The number of benzene rings is 1. The Morgan fingerprint density at radius 2 is 1.79 bits per heavy atom. The molecule has 1 aromatic carbocycles. The average Bonchev–Trinajstić information content (AvgIpc) is 3.01. The van der Waals surface area contributed by atoms with Gasteiger partial charge in [0.1, 0.15) is 29.1 Å². The molecule has 1 aliphatic rings. The van der Waals surface area contributed by atoms with Gasteiger partial charge in [-0.15, -0.1) is 0 Å². The second kappa shape index (κ2) is 8.69. The van der Waals surface area contributed by atoms with Gasteiger partial charge in [0.2, 0.25) is 0 Å². The van der Waals surface area contributed by atoms with Crippen LogP contribution in [-0.4, -0.2) is 23.7 Å². The van der Waals surface area contributed by atoms with Crippen molar-refractivity contribution >= 4 is 23.4 Å². The molecule has 0 aliphatic carbocycles. The molecule has 144 valence electrons. The number of nitrogens with zero attached hydrogens (tertiary/aromatic N) is 3. The number of ether oxygens (including phenoxy) is 2. The third-order valence-corrected chi connectivity index (χ3v) is 4.52. The van der Waals surface area contributed by atoms with Gasteiger partial charge in [-0.25, -0.2) is 9.69 Å². The molecule has 0 radical (unpaired) electrons. The molecule has 0 spiro atoms. The maximum atomic E-state index is 12.6. The maximum Gasteiger partial charge on any atom is 0.419 e. The number of amides is 1. The van der Waals surface area contributed by atoms with Crippen molar-refractivity contribution in [1.29, 1.82) is 10.5 Å². The van der Waals surface area contributed by atoms with Crippen molar-refractivity contribution in [1.82, 2.24) is 4.90 Å². The molecule has 0 atom stereocenters. The van der Waals surface area contributed by atoms with Crippen LogP contribution >= 0.6 is 11.8 Å². The van der Waals surface area contributed by atoms with Crippen molar-refractivity contribution < 1.29 is 14.3 Å². The molecule has 1 aromatic rings. The van der Waals surface area contributed by atoms with Crippen LogP contribution in [-0.2, 0) is 4.74 Å². The molecule has 6 nitrogen and oxygen atoms in total. The number of carbonyl (C=O) groups excluding carboxylic acids is 1. The summed E-state index contributed by atoms with van der Waals surface area (Å²) in [4.78, 5) is 14.9. The van der Waals surface area contributed by atoms with E-state index in [0.29, 0.717) is 21.9 Å². The van der Waals surface area contributed by atoms with Crippen LogP contribution in [0, 0.1) is 22.7 Å². The first-order chi connectivity index (χ1) is 13.2. The normalized spacial score (nSPS) is 14.8. The Balaban J connectivity index is 2.51. The fourth-order valence-electron chi connectivity index (χ4n) is 2.38. The predicted octanol–water partition coefficient (Wildman–Crippen LogP) is 5.18. The number of carbonyl (C=O) groups is 1. The number of allylic oxidation sites excluding steroid dienone is 4. The Morgan fingerprint density at radius 1 is 1.18 bits per heavy atom. The van der Waals surface area contributed by atoms with E-state index in [1.54, 1.807) is 64.4 Å². The molecule has 7 heteroatoms. The molecule has 0 aromatic heterocycles. The molecule has 0 bridgehead atoms. The monoisotopic (exact) mass is 395 g/mol. The molecule has 2 rings (SSSR count). The highest BCUT2D eigenvalue weighted by Gasteiger charge is 2.28. The van der Waals surface area contributed by atoms with Crippen LogP contribution in [0.25, 0.3) is 5.57 Å². The first kappa shape index (κ1) is 21.1. The van der Waals surface area contributed by atoms with Gasteiger partial charge in [0, 0.05) is 16.7 Å². The smallest absolute Gasteiger partial charge is 0.419 e. The summed E-state index contributed by atoms with van der Waals surface area (Å²) in [6, 6.07) is 10.9. The summed E-state index contributed by atoms with van der Waals surface area (Å²) in [6.07, 6.45) is 2.81. The van der Waals surface area contributed by atoms with Crippen molar-refractivity contribution in [3.63, 3.8) is 0 Å². The molecule has 1 heterocycles. The Labute approximate surface area is 169 Å². The van der Waals surface area contributed by atoms with Crippen LogP contribution in [0.5, 0.6) is 5.75 Å². The summed E-state index contributed by atoms with van der Waals surface area (Å²) in [7, 11) is 1.56. The van der Waals surface area contributed by atoms with Gasteiger partial charge in [-0.05, 0) is 51.5 Å². The van der Waals surface area contributed by atoms with E-state index < -0.39 is 11.7 Å². The number of thioether (sulfide) groups is 1. The largest absolute Gasteiger partial charge is 0.497 e. The van der Waals surface area contributed by atoms with Crippen molar-refractivity contribution in [2.24, 2.45) is 0 Å². The molecule has 0 N–H and O–H groups in total. The summed E-state index contributed by atoms with van der Waals surface area (Å²) in [5, 5.41) is 19.4. The zero-order valence-electron chi connectivity index (χ0n) is 16.4. The second-order valence-corrected chi connectivity index (χ2v) is 8.18. The van der Waals surface area contributed by atoms with E-state index in [9.17, 15) is 15.3 Å². The van der Waals surface area contributed by atoms with Crippen molar-refractivity contribution in [2.45, 2.75) is 33.3 Å². The van der Waals surface area contributed by atoms with E-state index in [1.807, 2.05) is 19.1 Å². The van der Waals surface area contributed by atoms with Gasteiger partial charge in [0.05, 0.1) is 12.1 Å². The summed E-state index contributed by atoms with van der Waals surface area (Å²) in [5.41, 5.74) is 0.399. The molecule has 0 saturated heterocycles. The van der Waals surface area contributed by atoms with Crippen molar-refractivity contribution in [2.75, 3.05) is 7.11 Å². The van der Waals surface area contributed by atoms with E-state index in [4.69, 9.17) is 9.47 Å². The summed E-state index contributed by atoms with van der Waals surface area (Å²) >= 11 is 1.37. The molecule has 1 aliphatic heterocycles. The number of nitriles is 2. The molecular weight excluding hydrogens is 374 g/mol. The quantitative estimate of drug-likeness (QED) is 0.655. The highest BCUT2D eigenvalue weighted by Crippen LogP contribution is 2.39. The number of rotatable bonds is 3. The lowest BCUT2D eigenvalue weighted by Crippen LogP contribution is -2.31. The molecule has 0 unspecified atom stereocenters. The summed E-state index contributed by atoms with van der Waals surface area (Å²) < 4.78 is 10.6. The number of hydrogen-bond acceptors (Lipinski definition) is 6. The van der Waals surface area contributed by atoms with Crippen LogP contribution in [0.3, 0.4) is 0 Å². The van der Waals surface area contributed by atoms with Crippen molar-refractivity contribution in [3.8, 4) is 17.9 Å². The van der Waals surface area contributed by atoms with Gasteiger partial charge in [-0.3, -0.25) is 0 Å². The highest BCUT2D eigenvalue weighted by molar-refractivity contribution is 8.06. The average molecular weight is 395 g/mol. The Kier molecular flexibility index (Phi) is 6.56. The minimum atomic E-state index is -0.643. The van der Waals surface area contributed by atoms with Gasteiger partial charge >= 0.3 is 6.09 Å². The van der Waals surface area contributed by atoms with Crippen LogP contribution in [0.1, 0.15) is 33.3 Å². The topological polar surface area (TPSA) is 86.3 Å². The van der Waals surface area contributed by atoms with Crippen LogP contribution in [0.15, 0.2) is 52.0 Å². The van der Waals surface area contributed by atoms with E-state index in [0.717, 1.165) is 4.91 Å². The predicted molar refractivity (Wildman–Crippen MR) is 109 cm³/mol. The van der Waals surface area contributed by atoms with Crippen LogP contribution in [0.4, 0.5) is 4.79 Å². The minimum Gasteiger partial charge on any atom is -0.497 e.